The number of benzene rings is 1. The molecule has 0 aromatic heterocycles. The van der Waals surface area contributed by atoms with E-state index in [9.17, 15) is 9.18 Å². The van der Waals surface area contributed by atoms with Crippen LogP contribution in [0.1, 0.15) is 12.0 Å². The number of rotatable bonds is 2. The van der Waals surface area contributed by atoms with E-state index in [1.807, 2.05) is 0 Å². The van der Waals surface area contributed by atoms with Gasteiger partial charge >= 0.3 is 5.97 Å². The van der Waals surface area contributed by atoms with Gasteiger partial charge in [-0.05, 0) is 6.07 Å². The lowest BCUT2D eigenvalue weighted by Gasteiger charge is -2.38. The highest BCUT2D eigenvalue weighted by Gasteiger charge is 2.49. The Hall–Kier alpha value is -1.42. The van der Waals surface area contributed by atoms with E-state index in [0.29, 0.717) is 13.0 Å². The second-order valence-electron chi connectivity index (χ2n) is 3.21. The summed E-state index contributed by atoms with van der Waals surface area (Å²) in [5, 5.41) is 8.97. The van der Waals surface area contributed by atoms with Gasteiger partial charge in [0, 0.05) is 12.0 Å². The summed E-state index contributed by atoms with van der Waals surface area (Å²) in [4.78, 5) is 11.0. The Morgan fingerprint density at radius 1 is 1.50 bits per heavy atom. The third kappa shape index (κ3) is 1.11. The molecule has 0 aliphatic carbocycles. The van der Waals surface area contributed by atoms with Crippen LogP contribution in [-0.2, 0) is 15.1 Å². The van der Waals surface area contributed by atoms with Gasteiger partial charge in [-0.25, -0.2) is 9.18 Å². The Bertz CT molecular complexity index is 371. The molecule has 4 heteroatoms. The molecule has 1 atom stereocenters. The van der Waals surface area contributed by atoms with Crippen LogP contribution in [0.15, 0.2) is 24.3 Å². The second kappa shape index (κ2) is 3.06. The highest BCUT2D eigenvalue weighted by Crippen LogP contribution is 2.38. The first-order valence-corrected chi connectivity index (χ1v) is 4.29. The van der Waals surface area contributed by atoms with E-state index in [1.54, 1.807) is 6.07 Å². The van der Waals surface area contributed by atoms with Crippen LogP contribution in [0.2, 0.25) is 0 Å². The van der Waals surface area contributed by atoms with Crippen LogP contribution in [0, 0.1) is 5.82 Å². The van der Waals surface area contributed by atoms with E-state index in [0.717, 1.165) is 0 Å². The van der Waals surface area contributed by atoms with E-state index in [4.69, 9.17) is 9.84 Å². The average Bonchev–Trinajstić information content (AvgIpc) is 2.05. The van der Waals surface area contributed by atoms with Crippen LogP contribution >= 0.6 is 0 Å². The minimum absolute atomic E-state index is 0.110. The minimum Gasteiger partial charge on any atom is -0.479 e. The zero-order valence-corrected chi connectivity index (χ0v) is 7.37. The van der Waals surface area contributed by atoms with Gasteiger partial charge in [0.05, 0.1) is 6.61 Å². The average molecular weight is 196 g/mol. The lowest BCUT2D eigenvalue weighted by Crippen LogP contribution is -2.48. The van der Waals surface area contributed by atoms with Gasteiger partial charge < -0.3 is 9.84 Å². The van der Waals surface area contributed by atoms with Crippen molar-refractivity contribution in [2.45, 2.75) is 12.0 Å². The molecule has 1 fully saturated rings. The standard InChI is InChI=1S/C10H9FO3/c11-8-4-2-1-3-7(8)10(9(12)13)5-6-14-10/h1-4H,5-6H2,(H,12,13). The highest BCUT2D eigenvalue weighted by atomic mass is 19.1. The number of carbonyl (C=O) groups is 1. The van der Waals surface area contributed by atoms with Crippen molar-refractivity contribution in [3.05, 3.63) is 35.6 Å². The summed E-state index contributed by atoms with van der Waals surface area (Å²) in [6.07, 6.45) is 0.323. The summed E-state index contributed by atoms with van der Waals surface area (Å²) in [5.41, 5.74) is -1.34. The summed E-state index contributed by atoms with van der Waals surface area (Å²) >= 11 is 0. The van der Waals surface area contributed by atoms with Gasteiger partial charge in [-0.2, -0.15) is 0 Å². The van der Waals surface area contributed by atoms with Crippen molar-refractivity contribution in [1.29, 1.82) is 0 Å². The summed E-state index contributed by atoms with van der Waals surface area (Å²) in [5.74, 6) is -1.66. The van der Waals surface area contributed by atoms with Crippen molar-refractivity contribution in [2.24, 2.45) is 0 Å². The van der Waals surface area contributed by atoms with Crippen molar-refractivity contribution < 1.29 is 19.0 Å². The highest BCUT2D eigenvalue weighted by molar-refractivity contribution is 5.80. The second-order valence-corrected chi connectivity index (χ2v) is 3.21. The molecule has 1 N–H and O–H groups in total. The Labute approximate surface area is 80.1 Å². The summed E-state index contributed by atoms with van der Waals surface area (Å²) in [6, 6.07) is 5.81. The van der Waals surface area contributed by atoms with Gasteiger partial charge in [-0.15, -0.1) is 0 Å². The SMILES string of the molecule is O=C(O)C1(c2ccccc2F)CCO1. The Kier molecular flexibility index (Phi) is 2.00. The number of ether oxygens (including phenoxy) is 1. The van der Waals surface area contributed by atoms with Gasteiger partial charge in [-0.3, -0.25) is 0 Å². The normalized spacial score (nSPS) is 25.5. The van der Waals surface area contributed by atoms with Gasteiger partial charge in [0.15, 0.2) is 5.60 Å². The smallest absolute Gasteiger partial charge is 0.340 e. The lowest BCUT2D eigenvalue weighted by atomic mass is 9.86. The van der Waals surface area contributed by atoms with Gasteiger partial charge in [0.2, 0.25) is 0 Å². The molecule has 1 saturated heterocycles. The Balaban J connectivity index is 2.47. The van der Waals surface area contributed by atoms with E-state index in [1.165, 1.54) is 18.2 Å². The fourth-order valence-electron chi connectivity index (χ4n) is 1.59. The predicted octanol–water partition coefficient (Wildman–Crippen LogP) is 1.53. The predicted molar refractivity (Wildman–Crippen MR) is 46.3 cm³/mol. The Morgan fingerprint density at radius 3 is 2.57 bits per heavy atom. The molecule has 0 spiro atoms. The first-order valence-electron chi connectivity index (χ1n) is 4.29. The Morgan fingerprint density at radius 2 is 2.14 bits per heavy atom. The van der Waals surface area contributed by atoms with Gasteiger partial charge in [-0.1, -0.05) is 18.2 Å². The van der Waals surface area contributed by atoms with E-state index in [2.05, 4.69) is 0 Å². The number of halogens is 1. The molecule has 14 heavy (non-hydrogen) atoms. The zero-order chi connectivity index (χ0) is 10.2. The quantitative estimate of drug-likeness (QED) is 0.780. The summed E-state index contributed by atoms with van der Waals surface area (Å²) in [7, 11) is 0. The topological polar surface area (TPSA) is 46.5 Å². The first kappa shape index (κ1) is 9.15. The fourth-order valence-corrected chi connectivity index (χ4v) is 1.59. The maximum atomic E-state index is 13.3. The van der Waals surface area contributed by atoms with E-state index >= 15 is 0 Å². The molecular weight excluding hydrogens is 187 g/mol. The van der Waals surface area contributed by atoms with Gasteiger partial charge in [0.1, 0.15) is 5.82 Å². The number of carboxylic acids is 1. The maximum Gasteiger partial charge on any atom is 0.340 e. The van der Waals surface area contributed by atoms with Crippen LogP contribution in [0.5, 0.6) is 0 Å². The molecule has 1 heterocycles. The number of hydrogen-bond acceptors (Lipinski definition) is 2. The third-order valence-electron chi connectivity index (χ3n) is 2.46. The summed E-state index contributed by atoms with van der Waals surface area (Å²) in [6.45, 7) is 0.362. The molecule has 3 nitrogen and oxygen atoms in total. The molecule has 0 radical (unpaired) electrons. The molecule has 2 rings (SSSR count). The maximum absolute atomic E-state index is 13.3. The van der Waals surface area contributed by atoms with E-state index < -0.39 is 17.4 Å². The molecule has 1 aromatic rings. The number of carboxylic acid groups (broad SMARTS) is 1. The molecule has 0 bridgehead atoms. The van der Waals surface area contributed by atoms with Crippen LogP contribution in [0.25, 0.3) is 0 Å². The molecule has 1 aliphatic heterocycles. The van der Waals surface area contributed by atoms with Crippen molar-refractivity contribution in [1.82, 2.24) is 0 Å². The zero-order valence-electron chi connectivity index (χ0n) is 7.37. The van der Waals surface area contributed by atoms with Crippen LogP contribution < -0.4 is 0 Å². The van der Waals surface area contributed by atoms with Crippen molar-refractivity contribution >= 4 is 5.97 Å². The molecule has 74 valence electrons. The minimum atomic E-state index is -1.45. The first-order chi connectivity index (χ1) is 6.67. The molecule has 1 aromatic carbocycles. The van der Waals surface area contributed by atoms with Crippen LogP contribution in [0.4, 0.5) is 4.39 Å². The van der Waals surface area contributed by atoms with Crippen molar-refractivity contribution in [2.75, 3.05) is 6.61 Å². The van der Waals surface area contributed by atoms with Crippen LogP contribution in [-0.4, -0.2) is 17.7 Å². The van der Waals surface area contributed by atoms with Crippen LogP contribution in [0.3, 0.4) is 0 Å². The summed E-state index contributed by atoms with van der Waals surface area (Å²) < 4.78 is 18.3. The molecule has 1 unspecified atom stereocenters. The number of aliphatic carboxylic acids is 1. The molecule has 0 saturated carbocycles. The number of hydrogen-bond donors (Lipinski definition) is 1. The largest absolute Gasteiger partial charge is 0.479 e. The van der Waals surface area contributed by atoms with E-state index in [-0.39, 0.29) is 5.56 Å². The fraction of sp³-hybridized carbons (Fsp3) is 0.300. The third-order valence-corrected chi connectivity index (χ3v) is 2.46. The van der Waals surface area contributed by atoms with Crippen molar-refractivity contribution in [3.63, 3.8) is 0 Å². The lowest BCUT2D eigenvalue weighted by molar-refractivity contribution is -0.198. The van der Waals surface area contributed by atoms with Gasteiger partial charge in [0.25, 0.3) is 0 Å². The van der Waals surface area contributed by atoms with Crippen molar-refractivity contribution in [3.8, 4) is 0 Å². The molecule has 0 amide bonds. The monoisotopic (exact) mass is 196 g/mol. The molecule has 1 aliphatic rings. The molecular formula is C10H9FO3.